The summed E-state index contributed by atoms with van der Waals surface area (Å²) < 4.78 is 43.0. The fraction of sp³-hybridized carbons (Fsp3) is 0.889. The first-order valence-electron chi connectivity index (χ1n) is 4.88. The van der Waals surface area contributed by atoms with E-state index in [1.807, 2.05) is 0 Å². The molecule has 1 fully saturated rings. The molecule has 94 valence electrons. The van der Waals surface area contributed by atoms with E-state index in [-0.39, 0.29) is 6.61 Å². The summed E-state index contributed by atoms with van der Waals surface area (Å²) in [6.07, 6.45) is -5.29. The molecular weight excluding hydrogens is 227 g/mol. The van der Waals surface area contributed by atoms with Gasteiger partial charge < -0.3 is 15.2 Å². The Balaban J connectivity index is 2.74. The zero-order valence-corrected chi connectivity index (χ0v) is 8.80. The molecule has 7 heteroatoms. The molecule has 0 amide bonds. The lowest BCUT2D eigenvalue weighted by molar-refractivity contribution is -0.230. The lowest BCUT2D eigenvalue weighted by atomic mass is 9.82. The maximum atomic E-state index is 12.7. The van der Waals surface area contributed by atoms with E-state index in [0.717, 1.165) is 0 Å². The highest BCUT2D eigenvalue weighted by Gasteiger charge is 2.57. The fourth-order valence-electron chi connectivity index (χ4n) is 1.57. The highest BCUT2D eigenvalue weighted by Crippen LogP contribution is 2.42. The third-order valence-electron chi connectivity index (χ3n) is 2.75. The van der Waals surface area contributed by atoms with Gasteiger partial charge in [0.2, 0.25) is 0 Å². The van der Waals surface area contributed by atoms with Crippen molar-refractivity contribution >= 4 is 5.97 Å². The highest BCUT2D eigenvalue weighted by molar-refractivity contribution is 5.75. The Morgan fingerprint density at radius 2 is 2.19 bits per heavy atom. The second-order valence-electron chi connectivity index (χ2n) is 4.07. The molecule has 2 unspecified atom stereocenters. The number of alkyl halides is 3. The predicted molar refractivity (Wildman–Crippen MR) is 49.0 cm³/mol. The van der Waals surface area contributed by atoms with Gasteiger partial charge in [0.25, 0.3) is 0 Å². The Bertz CT molecular complexity index is 263. The molecule has 1 aliphatic rings. The quantitative estimate of drug-likeness (QED) is 0.774. The first kappa shape index (κ1) is 13.2. The summed E-state index contributed by atoms with van der Waals surface area (Å²) in [5.41, 5.74) is -2.73. The Kier molecular flexibility index (Phi) is 3.80. The van der Waals surface area contributed by atoms with Gasteiger partial charge in [0.05, 0.1) is 13.2 Å². The van der Waals surface area contributed by atoms with E-state index in [1.165, 1.54) is 0 Å². The van der Waals surface area contributed by atoms with Gasteiger partial charge in [-0.1, -0.05) is 0 Å². The summed E-state index contributed by atoms with van der Waals surface area (Å²) in [4.78, 5) is 10.8. The van der Waals surface area contributed by atoms with Crippen LogP contribution < -0.4 is 5.32 Å². The summed E-state index contributed by atoms with van der Waals surface area (Å²) in [6, 6.07) is -0.573. The van der Waals surface area contributed by atoms with Crippen LogP contribution in [0.5, 0.6) is 0 Å². The Labute approximate surface area is 90.8 Å². The molecule has 0 aromatic rings. The molecule has 0 bridgehead atoms. The van der Waals surface area contributed by atoms with Crippen molar-refractivity contribution in [3.63, 3.8) is 0 Å². The largest absolute Gasteiger partial charge is 0.481 e. The number of hydrogen-bond donors (Lipinski definition) is 2. The average molecular weight is 241 g/mol. The van der Waals surface area contributed by atoms with Crippen LogP contribution in [-0.2, 0) is 9.53 Å². The smallest absolute Gasteiger partial charge is 0.404 e. The van der Waals surface area contributed by atoms with E-state index >= 15 is 0 Å². The number of ether oxygens (including phenoxy) is 1. The Morgan fingerprint density at radius 1 is 1.56 bits per heavy atom. The van der Waals surface area contributed by atoms with Crippen LogP contribution in [0.2, 0.25) is 0 Å². The zero-order chi connectivity index (χ0) is 12.4. The predicted octanol–water partition coefficient (Wildman–Crippen LogP) is 1.02. The number of morpholine rings is 1. The summed E-state index contributed by atoms with van der Waals surface area (Å²) >= 11 is 0. The van der Waals surface area contributed by atoms with E-state index in [9.17, 15) is 18.0 Å². The topological polar surface area (TPSA) is 58.6 Å². The molecule has 1 rings (SSSR count). The minimum Gasteiger partial charge on any atom is -0.481 e. The minimum absolute atomic E-state index is 0.110. The molecule has 1 saturated heterocycles. The van der Waals surface area contributed by atoms with Gasteiger partial charge in [-0.25, -0.2) is 0 Å². The van der Waals surface area contributed by atoms with Crippen molar-refractivity contribution in [3.8, 4) is 0 Å². The van der Waals surface area contributed by atoms with Crippen molar-refractivity contribution in [3.05, 3.63) is 0 Å². The molecule has 0 saturated carbocycles. The van der Waals surface area contributed by atoms with Crippen molar-refractivity contribution in [2.45, 2.75) is 25.6 Å². The van der Waals surface area contributed by atoms with Crippen LogP contribution in [0.1, 0.15) is 13.3 Å². The number of hydrogen-bond acceptors (Lipinski definition) is 3. The summed E-state index contributed by atoms with van der Waals surface area (Å²) in [6.45, 7) is 1.69. The molecular formula is C9H14F3NO3. The standard InChI is InChI=1S/C9H14F3NO3/c1-8(7(14)15,9(10,11)12)4-6-5-16-3-2-13-6/h6,13H,2-5H2,1H3,(H,14,15). The first-order chi connectivity index (χ1) is 7.27. The van der Waals surface area contributed by atoms with Gasteiger partial charge in [0.15, 0.2) is 5.41 Å². The van der Waals surface area contributed by atoms with Gasteiger partial charge in [-0.3, -0.25) is 4.79 Å². The van der Waals surface area contributed by atoms with Crippen molar-refractivity contribution in [2.24, 2.45) is 5.41 Å². The molecule has 4 nitrogen and oxygen atoms in total. The van der Waals surface area contributed by atoms with E-state index in [2.05, 4.69) is 5.32 Å². The third-order valence-corrected chi connectivity index (χ3v) is 2.75. The maximum Gasteiger partial charge on any atom is 0.404 e. The van der Waals surface area contributed by atoms with E-state index in [4.69, 9.17) is 9.84 Å². The molecule has 1 aliphatic heterocycles. The van der Waals surface area contributed by atoms with Gasteiger partial charge in [0, 0.05) is 12.6 Å². The summed E-state index contributed by atoms with van der Waals surface area (Å²) in [5.74, 6) is -1.85. The van der Waals surface area contributed by atoms with Gasteiger partial charge in [-0.2, -0.15) is 13.2 Å². The Morgan fingerprint density at radius 3 is 2.56 bits per heavy atom. The maximum absolute atomic E-state index is 12.7. The zero-order valence-electron chi connectivity index (χ0n) is 8.80. The number of rotatable bonds is 3. The molecule has 0 aromatic heterocycles. The number of carboxylic acid groups (broad SMARTS) is 1. The van der Waals surface area contributed by atoms with E-state index in [0.29, 0.717) is 20.1 Å². The highest BCUT2D eigenvalue weighted by atomic mass is 19.4. The van der Waals surface area contributed by atoms with Crippen molar-refractivity contribution in [1.29, 1.82) is 0 Å². The van der Waals surface area contributed by atoms with Crippen LogP contribution >= 0.6 is 0 Å². The van der Waals surface area contributed by atoms with Gasteiger partial charge in [-0.05, 0) is 13.3 Å². The van der Waals surface area contributed by atoms with Crippen LogP contribution in [0, 0.1) is 5.41 Å². The van der Waals surface area contributed by atoms with Crippen LogP contribution in [0.25, 0.3) is 0 Å². The third kappa shape index (κ3) is 2.65. The normalized spacial score (nSPS) is 26.1. The van der Waals surface area contributed by atoms with Gasteiger partial charge >= 0.3 is 12.1 Å². The van der Waals surface area contributed by atoms with Crippen molar-refractivity contribution in [1.82, 2.24) is 5.32 Å². The fourth-order valence-corrected chi connectivity index (χ4v) is 1.57. The van der Waals surface area contributed by atoms with Gasteiger partial charge in [0.1, 0.15) is 0 Å². The second-order valence-corrected chi connectivity index (χ2v) is 4.07. The lowest BCUT2D eigenvalue weighted by Crippen LogP contribution is -2.51. The van der Waals surface area contributed by atoms with Crippen LogP contribution in [0.15, 0.2) is 0 Å². The van der Waals surface area contributed by atoms with Crippen LogP contribution in [-0.4, -0.2) is 43.1 Å². The van der Waals surface area contributed by atoms with Gasteiger partial charge in [-0.15, -0.1) is 0 Å². The summed E-state index contributed by atoms with van der Waals surface area (Å²) in [5, 5.41) is 11.5. The van der Waals surface area contributed by atoms with Crippen LogP contribution in [0.3, 0.4) is 0 Å². The minimum atomic E-state index is -4.77. The van der Waals surface area contributed by atoms with Crippen molar-refractivity contribution in [2.75, 3.05) is 19.8 Å². The van der Waals surface area contributed by atoms with Crippen molar-refractivity contribution < 1.29 is 27.8 Å². The molecule has 16 heavy (non-hydrogen) atoms. The first-order valence-corrected chi connectivity index (χ1v) is 4.88. The lowest BCUT2D eigenvalue weighted by Gasteiger charge is -2.33. The molecule has 0 spiro atoms. The molecule has 0 aliphatic carbocycles. The Hall–Kier alpha value is -0.820. The van der Waals surface area contributed by atoms with E-state index < -0.39 is 30.0 Å². The number of nitrogens with one attached hydrogen (secondary N) is 1. The number of carbonyl (C=O) groups is 1. The molecule has 2 atom stereocenters. The second kappa shape index (κ2) is 4.58. The van der Waals surface area contributed by atoms with E-state index in [1.54, 1.807) is 0 Å². The van der Waals surface area contributed by atoms with Crippen LogP contribution in [0.4, 0.5) is 13.2 Å². The average Bonchev–Trinajstić information content (AvgIpc) is 2.17. The number of halogens is 3. The molecule has 2 N–H and O–H groups in total. The SMILES string of the molecule is CC(CC1COCCN1)(C(=O)O)C(F)(F)F. The molecule has 0 aromatic carbocycles. The molecule has 1 heterocycles. The summed E-state index contributed by atoms with van der Waals surface area (Å²) in [7, 11) is 0. The number of aliphatic carboxylic acids is 1. The molecule has 0 radical (unpaired) electrons. The monoisotopic (exact) mass is 241 g/mol. The number of carboxylic acids is 1.